The molecule has 2 atom stereocenters. The number of benzene rings is 3. The molecule has 0 heterocycles. The number of esters is 1. The van der Waals surface area contributed by atoms with Crippen LogP contribution < -0.4 is 10.1 Å². The smallest absolute Gasteiger partial charge is 0.335 e. The van der Waals surface area contributed by atoms with Crippen LogP contribution in [0, 0.1) is 0 Å². The van der Waals surface area contributed by atoms with Crippen molar-refractivity contribution in [1.82, 2.24) is 5.32 Å². The largest absolute Gasteiger partial charge is 0.497 e. The van der Waals surface area contributed by atoms with E-state index in [0.29, 0.717) is 12.2 Å². The van der Waals surface area contributed by atoms with Crippen LogP contribution in [0.15, 0.2) is 78.9 Å². The Morgan fingerprint density at radius 3 is 2.31 bits per heavy atom. The fourth-order valence-corrected chi connectivity index (χ4v) is 3.37. The van der Waals surface area contributed by atoms with Gasteiger partial charge in [-0.2, -0.15) is 0 Å². The Morgan fingerprint density at radius 1 is 1.00 bits per heavy atom. The Kier molecular flexibility index (Phi) is 6.68. The second kappa shape index (κ2) is 9.39. The lowest BCUT2D eigenvalue weighted by Gasteiger charge is -2.25. The van der Waals surface area contributed by atoms with Gasteiger partial charge in [-0.1, -0.05) is 55.1 Å². The van der Waals surface area contributed by atoms with Gasteiger partial charge in [-0.05, 0) is 53.9 Å². The molecule has 0 aliphatic carbocycles. The summed E-state index contributed by atoms with van der Waals surface area (Å²) in [7, 11) is 1.65. The molecule has 3 aromatic rings. The predicted octanol–water partition coefficient (Wildman–Crippen LogP) is 5.36. The standard InChI is InChI=1S/C25H27NO3/c1-5-29-25(27)17(2)24(22-11-10-20-8-6-7-9-21(20)16-22)26-18(3)19-12-14-23(28-4)15-13-19/h6-16,18,24,26H,2,5H2,1,3-4H3/t18-,24+/m1/s1. The summed E-state index contributed by atoms with van der Waals surface area (Å²) in [5, 5.41) is 5.82. The zero-order chi connectivity index (χ0) is 20.8. The summed E-state index contributed by atoms with van der Waals surface area (Å²) in [5.74, 6) is 0.419. The molecule has 0 spiro atoms. The van der Waals surface area contributed by atoms with Gasteiger partial charge in [0, 0.05) is 6.04 Å². The number of hydrogen-bond acceptors (Lipinski definition) is 4. The molecule has 29 heavy (non-hydrogen) atoms. The van der Waals surface area contributed by atoms with Crippen molar-refractivity contribution >= 4 is 16.7 Å². The highest BCUT2D eigenvalue weighted by molar-refractivity contribution is 5.90. The molecule has 150 valence electrons. The highest BCUT2D eigenvalue weighted by Gasteiger charge is 2.24. The minimum Gasteiger partial charge on any atom is -0.497 e. The van der Waals surface area contributed by atoms with Crippen LogP contribution in [-0.2, 0) is 9.53 Å². The normalized spacial score (nSPS) is 12.9. The molecule has 0 radical (unpaired) electrons. The zero-order valence-corrected chi connectivity index (χ0v) is 17.1. The van der Waals surface area contributed by atoms with E-state index in [1.165, 1.54) is 0 Å². The van der Waals surface area contributed by atoms with Crippen molar-refractivity contribution < 1.29 is 14.3 Å². The molecule has 0 aliphatic heterocycles. The van der Waals surface area contributed by atoms with Crippen LogP contribution in [0.1, 0.15) is 37.1 Å². The molecule has 0 aromatic heterocycles. The first kappa shape index (κ1) is 20.6. The van der Waals surface area contributed by atoms with E-state index in [2.05, 4.69) is 43.1 Å². The van der Waals surface area contributed by atoms with E-state index in [0.717, 1.165) is 27.6 Å². The first-order valence-electron chi connectivity index (χ1n) is 9.78. The molecule has 1 N–H and O–H groups in total. The zero-order valence-electron chi connectivity index (χ0n) is 17.1. The van der Waals surface area contributed by atoms with E-state index in [9.17, 15) is 4.79 Å². The molecule has 3 aromatic carbocycles. The van der Waals surface area contributed by atoms with Crippen LogP contribution in [0.3, 0.4) is 0 Å². The first-order valence-corrected chi connectivity index (χ1v) is 9.78. The molecule has 0 fully saturated rings. The van der Waals surface area contributed by atoms with Crippen LogP contribution in [0.25, 0.3) is 10.8 Å². The van der Waals surface area contributed by atoms with Crippen LogP contribution >= 0.6 is 0 Å². The number of ether oxygens (including phenoxy) is 2. The highest BCUT2D eigenvalue weighted by Crippen LogP contribution is 2.29. The molecule has 0 aliphatic rings. The van der Waals surface area contributed by atoms with Gasteiger partial charge in [0.05, 0.1) is 25.3 Å². The molecule has 0 unspecified atom stereocenters. The molecule has 0 bridgehead atoms. The lowest BCUT2D eigenvalue weighted by Crippen LogP contribution is -2.29. The summed E-state index contributed by atoms with van der Waals surface area (Å²) in [6.07, 6.45) is 0. The summed E-state index contributed by atoms with van der Waals surface area (Å²) in [6, 6.07) is 21.9. The number of hydrogen-bond donors (Lipinski definition) is 1. The van der Waals surface area contributed by atoms with E-state index >= 15 is 0 Å². The number of carbonyl (C=O) groups is 1. The molecule has 4 nitrogen and oxygen atoms in total. The Hall–Kier alpha value is -3.11. The van der Waals surface area contributed by atoms with E-state index in [4.69, 9.17) is 9.47 Å². The maximum absolute atomic E-state index is 12.4. The molecule has 0 saturated heterocycles. The lowest BCUT2D eigenvalue weighted by molar-refractivity contribution is -0.138. The van der Waals surface area contributed by atoms with Gasteiger partial charge < -0.3 is 9.47 Å². The van der Waals surface area contributed by atoms with Crippen LogP contribution in [-0.4, -0.2) is 19.7 Å². The lowest BCUT2D eigenvalue weighted by atomic mass is 9.95. The van der Waals surface area contributed by atoms with Crippen molar-refractivity contribution in [2.24, 2.45) is 0 Å². The molecule has 0 saturated carbocycles. The third kappa shape index (κ3) is 4.84. The molecular weight excluding hydrogens is 362 g/mol. The summed E-state index contributed by atoms with van der Waals surface area (Å²) < 4.78 is 10.5. The van der Waals surface area contributed by atoms with E-state index < -0.39 is 0 Å². The molecule has 0 amide bonds. The van der Waals surface area contributed by atoms with Crippen molar-refractivity contribution in [3.05, 3.63) is 90.0 Å². The summed E-state index contributed by atoms with van der Waals surface area (Å²) >= 11 is 0. The minimum absolute atomic E-state index is 0.0106. The van der Waals surface area contributed by atoms with Gasteiger partial charge in [0.1, 0.15) is 5.75 Å². The predicted molar refractivity (Wildman–Crippen MR) is 117 cm³/mol. The minimum atomic E-state index is -0.389. The van der Waals surface area contributed by atoms with E-state index in [1.54, 1.807) is 14.0 Å². The van der Waals surface area contributed by atoms with Crippen molar-refractivity contribution in [1.29, 1.82) is 0 Å². The Balaban J connectivity index is 1.92. The van der Waals surface area contributed by atoms with Crippen LogP contribution in [0.4, 0.5) is 0 Å². The number of rotatable bonds is 8. The van der Waals surface area contributed by atoms with Gasteiger partial charge in [0.25, 0.3) is 0 Å². The van der Waals surface area contributed by atoms with Gasteiger partial charge in [-0.3, -0.25) is 5.32 Å². The number of fused-ring (bicyclic) bond motifs is 1. The molecule has 4 heteroatoms. The second-order valence-electron chi connectivity index (χ2n) is 6.95. The average Bonchev–Trinajstić information content (AvgIpc) is 2.76. The van der Waals surface area contributed by atoms with Crippen molar-refractivity contribution in [3.8, 4) is 5.75 Å². The monoisotopic (exact) mass is 389 g/mol. The van der Waals surface area contributed by atoms with Crippen molar-refractivity contribution in [3.63, 3.8) is 0 Å². The summed E-state index contributed by atoms with van der Waals surface area (Å²) in [5.41, 5.74) is 2.46. The number of carbonyl (C=O) groups excluding carboxylic acids is 1. The van der Waals surface area contributed by atoms with E-state index in [-0.39, 0.29) is 18.1 Å². The molecular formula is C25H27NO3. The van der Waals surface area contributed by atoms with Gasteiger partial charge in [-0.25, -0.2) is 4.79 Å². The second-order valence-corrected chi connectivity index (χ2v) is 6.95. The van der Waals surface area contributed by atoms with Crippen molar-refractivity contribution in [2.45, 2.75) is 25.9 Å². The third-order valence-corrected chi connectivity index (χ3v) is 5.03. The Bertz CT molecular complexity index is 994. The maximum atomic E-state index is 12.4. The van der Waals surface area contributed by atoms with E-state index in [1.807, 2.05) is 42.5 Å². The summed E-state index contributed by atoms with van der Waals surface area (Å²) in [6.45, 7) is 8.22. The quantitative estimate of drug-likeness (QED) is 0.416. The van der Waals surface area contributed by atoms with Crippen LogP contribution in [0.2, 0.25) is 0 Å². The number of methoxy groups -OCH3 is 1. The van der Waals surface area contributed by atoms with Gasteiger partial charge in [0.2, 0.25) is 0 Å². The summed E-state index contributed by atoms with van der Waals surface area (Å²) in [4.78, 5) is 12.4. The average molecular weight is 389 g/mol. The van der Waals surface area contributed by atoms with Gasteiger partial charge in [-0.15, -0.1) is 0 Å². The first-order chi connectivity index (χ1) is 14.0. The Morgan fingerprint density at radius 2 is 1.66 bits per heavy atom. The third-order valence-electron chi connectivity index (χ3n) is 5.03. The molecule has 3 rings (SSSR count). The highest BCUT2D eigenvalue weighted by atomic mass is 16.5. The number of nitrogens with one attached hydrogen (secondary N) is 1. The SMILES string of the molecule is C=C(C(=O)OCC)[C@H](N[C@H](C)c1ccc(OC)cc1)c1ccc2ccccc2c1. The van der Waals surface area contributed by atoms with Crippen molar-refractivity contribution in [2.75, 3.05) is 13.7 Å². The maximum Gasteiger partial charge on any atom is 0.335 e. The fourth-order valence-electron chi connectivity index (χ4n) is 3.37. The van der Waals surface area contributed by atoms with Gasteiger partial charge in [0.15, 0.2) is 0 Å². The fraction of sp³-hybridized carbons (Fsp3) is 0.240. The topological polar surface area (TPSA) is 47.6 Å². The van der Waals surface area contributed by atoms with Gasteiger partial charge >= 0.3 is 5.97 Å². The Labute approximate surface area is 172 Å². The van der Waals surface area contributed by atoms with Crippen LogP contribution in [0.5, 0.6) is 5.75 Å².